The molecular formula is C36H22N6O. The van der Waals surface area contributed by atoms with E-state index in [1.165, 1.54) is 0 Å². The molecule has 9 rings (SSSR count). The second-order valence-corrected chi connectivity index (χ2v) is 10.4. The van der Waals surface area contributed by atoms with Crippen LogP contribution in [-0.2, 0) is 0 Å². The van der Waals surface area contributed by atoms with Gasteiger partial charge in [0.05, 0.1) is 39.6 Å². The Bertz CT molecular complexity index is 2440. The highest BCUT2D eigenvalue weighted by Gasteiger charge is 2.26. The van der Waals surface area contributed by atoms with E-state index in [1.807, 2.05) is 48.7 Å². The minimum Gasteiger partial charge on any atom is -0.417 e. The lowest BCUT2D eigenvalue weighted by atomic mass is 10.1. The van der Waals surface area contributed by atoms with Gasteiger partial charge in [-0.15, -0.1) is 0 Å². The zero-order valence-corrected chi connectivity index (χ0v) is 22.8. The number of benzene rings is 3. The first-order chi connectivity index (χ1) is 21.4. The smallest absolute Gasteiger partial charge is 0.248 e. The fourth-order valence-electron chi connectivity index (χ4n) is 6.20. The molecule has 43 heavy (non-hydrogen) atoms. The third-order valence-corrected chi connectivity index (χ3v) is 7.98. The van der Waals surface area contributed by atoms with Crippen LogP contribution in [0.3, 0.4) is 0 Å². The molecule has 7 heteroatoms. The van der Waals surface area contributed by atoms with Crippen LogP contribution in [0.25, 0.3) is 78.2 Å². The van der Waals surface area contributed by atoms with Crippen molar-refractivity contribution >= 4 is 43.6 Å². The Balaban J connectivity index is 1.50. The summed E-state index contributed by atoms with van der Waals surface area (Å²) in [6.07, 6.45) is 7.23. The monoisotopic (exact) mass is 554 g/mol. The molecule has 0 aliphatic heterocycles. The lowest BCUT2D eigenvalue weighted by Crippen LogP contribution is -1.99. The average Bonchev–Trinajstić information content (AvgIpc) is 3.76. The first-order valence-electron chi connectivity index (χ1n) is 14.1. The lowest BCUT2D eigenvalue weighted by Gasteiger charge is -2.11. The summed E-state index contributed by atoms with van der Waals surface area (Å²) >= 11 is 0. The van der Waals surface area contributed by atoms with E-state index in [0.29, 0.717) is 28.9 Å². The van der Waals surface area contributed by atoms with Crippen molar-refractivity contribution in [2.75, 3.05) is 0 Å². The van der Waals surface area contributed by atoms with Crippen LogP contribution in [0.2, 0.25) is 0 Å². The Kier molecular flexibility index (Phi) is 5.06. The van der Waals surface area contributed by atoms with Crippen molar-refractivity contribution in [3.8, 4) is 34.5 Å². The van der Waals surface area contributed by atoms with E-state index in [0.717, 1.165) is 49.3 Å². The van der Waals surface area contributed by atoms with Crippen molar-refractivity contribution < 1.29 is 4.42 Å². The number of fused-ring (bicyclic) bond motifs is 7. The van der Waals surface area contributed by atoms with Gasteiger partial charge in [-0.1, -0.05) is 60.7 Å². The third kappa shape index (κ3) is 3.48. The molecule has 0 bridgehead atoms. The summed E-state index contributed by atoms with van der Waals surface area (Å²) in [4.78, 5) is 18.7. The molecule has 0 radical (unpaired) electrons. The van der Waals surface area contributed by atoms with Gasteiger partial charge >= 0.3 is 0 Å². The zero-order chi connectivity index (χ0) is 28.3. The van der Waals surface area contributed by atoms with Gasteiger partial charge in [-0.2, -0.15) is 0 Å². The zero-order valence-electron chi connectivity index (χ0n) is 22.8. The first-order valence-corrected chi connectivity index (χ1v) is 14.1. The number of para-hydroxylation sites is 2. The van der Waals surface area contributed by atoms with Gasteiger partial charge in [0.15, 0.2) is 5.69 Å². The quantitative estimate of drug-likeness (QED) is 0.218. The molecule has 0 amide bonds. The Morgan fingerprint density at radius 2 is 1.14 bits per heavy atom. The fourth-order valence-corrected chi connectivity index (χ4v) is 6.20. The summed E-state index contributed by atoms with van der Waals surface area (Å²) in [6.45, 7) is 0. The predicted molar refractivity (Wildman–Crippen MR) is 169 cm³/mol. The number of aromatic nitrogens is 6. The topological polar surface area (TPSA) is 74.6 Å². The minimum absolute atomic E-state index is 0.433. The molecule has 0 unspecified atom stereocenters. The number of hydrogen-bond donors (Lipinski definition) is 0. The van der Waals surface area contributed by atoms with E-state index >= 15 is 0 Å². The van der Waals surface area contributed by atoms with Gasteiger partial charge in [-0.05, 0) is 48.5 Å². The van der Waals surface area contributed by atoms with Crippen LogP contribution in [0.5, 0.6) is 0 Å². The number of pyridine rings is 3. The molecule has 202 valence electrons. The summed E-state index contributed by atoms with van der Waals surface area (Å²) < 4.78 is 11.2. The molecule has 0 aliphatic carbocycles. The highest BCUT2D eigenvalue weighted by Crippen LogP contribution is 2.43. The molecule has 0 saturated carbocycles. The van der Waals surface area contributed by atoms with E-state index in [9.17, 15) is 0 Å². The minimum atomic E-state index is 0.433. The maximum atomic E-state index is 6.71. The number of rotatable bonds is 4. The van der Waals surface area contributed by atoms with Gasteiger partial charge in [-0.25, -0.2) is 4.98 Å². The average molecular weight is 555 g/mol. The van der Waals surface area contributed by atoms with Crippen LogP contribution in [0.1, 0.15) is 0 Å². The largest absolute Gasteiger partial charge is 0.417 e. The molecule has 0 N–H and O–H groups in total. The van der Waals surface area contributed by atoms with Crippen LogP contribution in [-0.4, -0.2) is 29.1 Å². The maximum Gasteiger partial charge on any atom is 0.248 e. The first kappa shape index (κ1) is 23.6. The van der Waals surface area contributed by atoms with Crippen LogP contribution in [0.15, 0.2) is 138 Å². The molecule has 0 aliphatic rings. The fraction of sp³-hybridized carbons (Fsp3) is 0. The summed E-state index contributed by atoms with van der Waals surface area (Å²) in [6, 6.07) is 37.0. The van der Waals surface area contributed by atoms with Crippen molar-refractivity contribution in [3.05, 3.63) is 134 Å². The highest BCUT2D eigenvalue weighted by molar-refractivity contribution is 6.23. The molecule has 0 fully saturated rings. The normalized spacial score (nSPS) is 11.7. The van der Waals surface area contributed by atoms with Gasteiger partial charge < -0.3 is 8.98 Å². The van der Waals surface area contributed by atoms with E-state index in [4.69, 9.17) is 9.40 Å². The molecule has 9 aromatic rings. The molecule has 6 aromatic heterocycles. The molecule has 0 saturated heterocycles. The molecular weight excluding hydrogens is 532 g/mol. The van der Waals surface area contributed by atoms with Gasteiger partial charge in [0.2, 0.25) is 11.8 Å². The highest BCUT2D eigenvalue weighted by atomic mass is 16.4. The van der Waals surface area contributed by atoms with Crippen LogP contribution in [0, 0.1) is 0 Å². The van der Waals surface area contributed by atoms with E-state index in [-0.39, 0.29) is 0 Å². The van der Waals surface area contributed by atoms with E-state index in [2.05, 4.69) is 90.8 Å². The second-order valence-electron chi connectivity index (χ2n) is 10.4. The summed E-state index contributed by atoms with van der Waals surface area (Å²) in [7, 11) is 0. The standard InChI is InChI=1S/C36H22N6O/c1-3-15-30-24(11-1)26-17-18-27-25-12-2-4-16-31(25)42(34(27)33(26)41(30)23-10-9-19-37-22-23)36-32(28-13-5-7-20-38-28)40-35(43-36)29-14-6-8-21-39-29/h1-22H. The van der Waals surface area contributed by atoms with Crippen LogP contribution < -0.4 is 0 Å². The third-order valence-electron chi connectivity index (χ3n) is 7.98. The van der Waals surface area contributed by atoms with Crippen molar-refractivity contribution in [3.63, 3.8) is 0 Å². The van der Waals surface area contributed by atoms with Crippen molar-refractivity contribution in [1.82, 2.24) is 29.1 Å². The maximum absolute atomic E-state index is 6.71. The van der Waals surface area contributed by atoms with Gasteiger partial charge in [-0.3, -0.25) is 19.5 Å². The van der Waals surface area contributed by atoms with E-state index in [1.54, 1.807) is 18.6 Å². The van der Waals surface area contributed by atoms with Gasteiger partial charge in [0.1, 0.15) is 5.69 Å². The van der Waals surface area contributed by atoms with Crippen LogP contribution >= 0.6 is 0 Å². The van der Waals surface area contributed by atoms with Gasteiger partial charge in [0.25, 0.3) is 0 Å². The summed E-state index contributed by atoms with van der Waals surface area (Å²) in [5.41, 5.74) is 7.18. The Hall–Kier alpha value is -6.08. The SMILES string of the molecule is c1ccc(-c2nc(-c3ccccn3)c(-n3c4ccccc4c4ccc5c6ccccc6n(-c6cccnc6)c5c43)o2)nc1. The van der Waals surface area contributed by atoms with Crippen molar-refractivity contribution in [2.45, 2.75) is 0 Å². The Morgan fingerprint density at radius 1 is 0.512 bits per heavy atom. The molecule has 7 nitrogen and oxygen atoms in total. The number of hydrogen-bond acceptors (Lipinski definition) is 5. The summed E-state index contributed by atoms with van der Waals surface area (Å²) in [5.74, 6) is 1.02. The Labute approximate surface area is 245 Å². The van der Waals surface area contributed by atoms with Gasteiger partial charge in [0, 0.05) is 40.1 Å². The molecule has 6 heterocycles. The predicted octanol–water partition coefficient (Wildman–Crippen LogP) is 8.39. The van der Waals surface area contributed by atoms with Crippen molar-refractivity contribution in [2.24, 2.45) is 0 Å². The van der Waals surface area contributed by atoms with Crippen molar-refractivity contribution in [1.29, 1.82) is 0 Å². The lowest BCUT2D eigenvalue weighted by molar-refractivity contribution is 0.552. The number of oxazole rings is 1. The Morgan fingerprint density at radius 3 is 1.79 bits per heavy atom. The van der Waals surface area contributed by atoms with Crippen LogP contribution in [0.4, 0.5) is 0 Å². The molecule has 0 atom stereocenters. The molecule has 0 spiro atoms. The molecule has 3 aromatic carbocycles. The second kappa shape index (κ2) is 9.22. The van der Waals surface area contributed by atoms with E-state index < -0.39 is 0 Å². The number of nitrogens with zero attached hydrogens (tertiary/aromatic N) is 6. The summed E-state index contributed by atoms with van der Waals surface area (Å²) in [5, 5.41) is 4.53.